The Balaban J connectivity index is 2.09. The maximum absolute atomic E-state index is 10.4. The fourth-order valence-corrected chi connectivity index (χ4v) is 1.24. The lowest BCUT2D eigenvalue weighted by atomic mass is 9.96. The molecule has 0 aliphatic heterocycles. The molecular weight excluding hydrogens is 184 g/mol. The zero-order valence-electron chi connectivity index (χ0n) is 7.55. The number of hydrogen-bond donors (Lipinski definition) is 0. The van der Waals surface area contributed by atoms with Gasteiger partial charge in [-0.1, -0.05) is 0 Å². The molecule has 0 N–H and O–H groups in total. The summed E-state index contributed by atoms with van der Waals surface area (Å²) >= 11 is 0. The molecule has 5 nitrogen and oxygen atoms in total. The van der Waals surface area contributed by atoms with Gasteiger partial charge >= 0.3 is 0 Å². The molecule has 2 rings (SSSR count). The van der Waals surface area contributed by atoms with Crippen molar-refractivity contribution >= 4 is 5.69 Å². The van der Waals surface area contributed by atoms with Gasteiger partial charge in [0.2, 0.25) is 5.88 Å². The topological polar surface area (TPSA) is 65.3 Å². The Bertz CT molecular complexity index is 350. The summed E-state index contributed by atoms with van der Waals surface area (Å²) in [5.74, 6) is 0.351. The predicted molar refractivity (Wildman–Crippen MR) is 49.2 cm³/mol. The van der Waals surface area contributed by atoms with Crippen molar-refractivity contribution in [2.75, 3.05) is 0 Å². The molecule has 1 aliphatic rings. The second-order valence-corrected chi connectivity index (χ2v) is 3.28. The summed E-state index contributed by atoms with van der Waals surface area (Å²) in [6, 6.07) is 2.71. The maximum Gasteiger partial charge on any atom is 0.276 e. The van der Waals surface area contributed by atoms with Crippen LogP contribution < -0.4 is 4.74 Å². The molecule has 0 bridgehead atoms. The minimum absolute atomic E-state index is 0.0225. The lowest BCUT2D eigenvalue weighted by Crippen LogP contribution is -2.24. The van der Waals surface area contributed by atoms with Crippen LogP contribution in [0.15, 0.2) is 18.3 Å². The number of nitrogens with zero attached hydrogens (tertiary/aromatic N) is 2. The molecule has 0 unspecified atom stereocenters. The van der Waals surface area contributed by atoms with Crippen LogP contribution in [0.3, 0.4) is 0 Å². The monoisotopic (exact) mass is 194 g/mol. The van der Waals surface area contributed by atoms with Gasteiger partial charge < -0.3 is 4.74 Å². The van der Waals surface area contributed by atoms with Gasteiger partial charge in [0.15, 0.2) is 0 Å². The fraction of sp³-hybridized carbons (Fsp3) is 0.444. The summed E-state index contributed by atoms with van der Waals surface area (Å²) < 4.78 is 5.43. The summed E-state index contributed by atoms with van der Waals surface area (Å²) in [4.78, 5) is 13.9. The molecule has 1 aromatic rings. The van der Waals surface area contributed by atoms with E-state index in [1.807, 2.05) is 0 Å². The van der Waals surface area contributed by atoms with E-state index in [4.69, 9.17) is 4.74 Å². The molecule has 1 saturated carbocycles. The van der Waals surface area contributed by atoms with E-state index in [1.165, 1.54) is 24.8 Å². The molecule has 0 amide bonds. The van der Waals surface area contributed by atoms with E-state index in [0.29, 0.717) is 5.88 Å². The number of hydrogen-bond acceptors (Lipinski definition) is 4. The molecule has 0 spiro atoms. The van der Waals surface area contributed by atoms with Gasteiger partial charge in [-0.25, -0.2) is 4.98 Å². The maximum atomic E-state index is 10.4. The average Bonchev–Trinajstić information content (AvgIpc) is 2.12. The van der Waals surface area contributed by atoms with E-state index >= 15 is 0 Å². The summed E-state index contributed by atoms with van der Waals surface area (Å²) in [6.07, 6.45) is 4.80. The first kappa shape index (κ1) is 8.93. The first-order valence-electron chi connectivity index (χ1n) is 4.53. The van der Waals surface area contributed by atoms with E-state index in [9.17, 15) is 10.1 Å². The third-order valence-corrected chi connectivity index (χ3v) is 2.27. The summed E-state index contributed by atoms with van der Waals surface area (Å²) in [6.45, 7) is 0. The van der Waals surface area contributed by atoms with Crippen LogP contribution in [0, 0.1) is 10.1 Å². The van der Waals surface area contributed by atoms with Crippen LogP contribution in [0.4, 0.5) is 5.69 Å². The van der Waals surface area contributed by atoms with Crippen molar-refractivity contribution in [3.05, 3.63) is 28.4 Å². The molecule has 1 aliphatic carbocycles. The SMILES string of the molecule is O=[N+]([O-])c1ccnc(OC2CCC2)c1. The first-order valence-corrected chi connectivity index (χ1v) is 4.53. The van der Waals surface area contributed by atoms with Crippen molar-refractivity contribution in [1.29, 1.82) is 0 Å². The van der Waals surface area contributed by atoms with Crippen molar-refractivity contribution in [3.63, 3.8) is 0 Å². The molecule has 14 heavy (non-hydrogen) atoms. The van der Waals surface area contributed by atoms with Gasteiger partial charge in [-0.15, -0.1) is 0 Å². The van der Waals surface area contributed by atoms with Crippen LogP contribution in [0.2, 0.25) is 0 Å². The standard InChI is InChI=1S/C9H10N2O3/c12-11(13)7-4-5-10-9(6-7)14-8-2-1-3-8/h4-6,8H,1-3H2. The summed E-state index contributed by atoms with van der Waals surface area (Å²) in [7, 11) is 0. The highest BCUT2D eigenvalue weighted by Crippen LogP contribution is 2.25. The largest absolute Gasteiger partial charge is 0.474 e. The molecule has 74 valence electrons. The van der Waals surface area contributed by atoms with E-state index in [1.54, 1.807) is 0 Å². The molecular formula is C9H10N2O3. The second-order valence-electron chi connectivity index (χ2n) is 3.28. The highest BCUT2D eigenvalue weighted by molar-refractivity contribution is 5.32. The molecule has 1 fully saturated rings. The molecule has 0 saturated heterocycles. The Morgan fingerprint density at radius 3 is 2.93 bits per heavy atom. The van der Waals surface area contributed by atoms with E-state index in [-0.39, 0.29) is 11.8 Å². The minimum atomic E-state index is -0.449. The Labute approximate surface area is 80.9 Å². The Kier molecular flexibility index (Phi) is 2.30. The van der Waals surface area contributed by atoms with Crippen LogP contribution in [0.1, 0.15) is 19.3 Å². The van der Waals surface area contributed by atoms with E-state index in [0.717, 1.165) is 12.8 Å². The van der Waals surface area contributed by atoms with E-state index in [2.05, 4.69) is 4.98 Å². The molecule has 0 atom stereocenters. The zero-order valence-corrected chi connectivity index (χ0v) is 7.55. The average molecular weight is 194 g/mol. The van der Waals surface area contributed by atoms with Gasteiger partial charge in [-0.3, -0.25) is 10.1 Å². The van der Waals surface area contributed by atoms with E-state index < -0.39 is 4.92 Å². The molecule has 0 radical (unpaired) electrons. The predicted octanol–water partition coefficient (Wildman–Crippen LogP) is 1.92. The summed E-state index contributed by atoms with van der Waals surface area (Å²) in [5.41, 5.74) is 0.0225. The number of ether oxygens (including phenoxy) is 1. The summed E-state index contributed by atoms with van der Waals surface area (Å²) in [5, 5.41) is 10.4. The van der Waals surface area contributed by atoms with Gasteiger partial charge in [-0.05, 0) is 19.3 Å². The van der Waals surface area contributed by atoms with Crippen molar-refractivity contribution < 1.29 is 9.66 Å². The number of aromatic nitrogens is 1. The smallest absolute Gasteiger partial charge is 0.276 e. The third kappa shape index (κ3) is 1.81. The van der Waals surface area contributed by atoms with Crippen molar-refractivity contribution in [1.82, 2.24) is 4.98 Å². The molecule has 5 heteroatoms. The molecule has 0 aromatic carbocycles. The highest BCUT2D eigenvalue weighted by Gasteiger charge is 2.20. The quantitative estimate of drug-likeness (QED) is 0.544. The van der Waals surface area contributed by atoms with Crippen LogP contribution >= 0.6 is 0 Å². The van der Waals surface area contributed by atoms with Gasteiger partial charge in [0, 0.05) is 12.3 Å². The first-order chi connectivity index (χ1) is 6.75. The minimum Gasteiger partial charge on any atom is -0.474 e. The second kappa shape index (κ2) is 3.61. The Morgan fingerprint density at radius 1 is 1.57 bits per heavy atom. The molecule has 1 aromatic heterocycles. The van der Waals surface area contributed by atoms with Gasteiger partial charge in [0.05, 0.1) is 11.0 Å². The normalized spacial score (nSPS) is 16.0. The van der Waals surface area contributed by atoms with Crippen LogP contribution in [-0.4, -0.2) is 16.0 Å². The van der Waals surface area contributed by atoms with Crippen molar-refractivity contribution in [2.45, 2.75) is 25.4 Å². The Morgan fingerprint density at radius 2 is 2.36 bits per heavy atom. The lowest BCUT2D eigenvalue weighted by Gasteiger charge is -2.25. The van der Waals surface area contributed by atoms with Gasteiger partial charge in [-0.2, -0.15) is 0 Å². The van der Waals surface area contributed by atoms with Gasteiger partial charge in [0.25, 0.3) is 5.69 Å². The molecule has 1 heterocycles. The zero-order chi connectivity index (χ0) is 9.97. The third-order valence-electron chi connectivity index (χ3n) is 2.27. The number of rotatable bonds is 3. The van der Waals surface area contributed by atoms with Crippen LogP contribution in [0.25, 0.3) is 0 Å². The lowest BCUT2D eigenvalue weighted by molar-refractivity contribution is -0.385. The Hall–Kier alpha value is -1.65. The van der Waals surface area contributed by atoms with Gasteiger partial charge in [0.1, 0.15) is 6.10 Å². The van der Waals surface area contributed by atoms with Crippen LogP contribution in [0.5, 0.6) is 5.88 Å². The fourth-order valence-electron chi connectivity index (χ4n) is 1.24. The van der Waals surface area contributed by atoms with Crippen molar-refractivity contribution in [2.24, 2.45) is 0 Å². The number of pyridine rings is 1. The number of nitro groups is 1. The highest BCUT2D eigenvalue weighted by atomic mass is 16.6. The van der Waals surface area contributed by atoms with Crippen LogP contribution in [-0.2, 0) is 0 Å². The van der Waals surface area contributed by atoms with Crippen molar-refractivity contribution in [3.8, 4) is 5.88 Å².